The third-order valence-electron chi connectivity index (χ3n) is 4.70. The highest BCUT2D eigenvalue weighted by Gasteiger charge is 2.14. The Morgan fingerprint density at radius 3 is 2.67 bits per heavy atom. The van der Waals surface area contributed by atoms with E-state index in [9.17, 15) is 9.59 Å². The van der Waals surface area contributed by atoms with Crippen LogP contribution in [0.2, 0.25) is 5.02 Å². The molecule has 0 atom stereocenters. The van der Waals surface area contributed by atoms with Crippen molar-refractivity contribution < 1.29 is 9.21 Å². The molecule has 0 aliphatic carbocycles. The van der Waals surface area contributed by atoms with E-state index in [1.165, 1.54) is 0 Å². The summed E-state index contributed by atoms with van der Waals surface area (Å²) >= 11 is 6.29. The number of benzene rings is 2. The molecule has 3 rings (SSSR count). The molecule has 0 aliphatic heterocycles. The summed E-state index contributed by atoms with van der Waals surface area (Å²) in [4.78, 5) is 24.5. The number of halogens is 1. The van der Waals surface area contributed by atoms with Gasteiger partial charge in [0.2, 0.25) is 5.91 Å². The molecule has 6 heteroatoms. The lowest BCUT2D eigenvalue weighted by molar-refractivity contribution is -0.116. The lowest BCUT2D eigenvalue weighted by atomic mass is 10.0. The van der Waals surface area contributed by atoms with E-state index in [2.05, 4.69) is 12.2 Å². The van der Waals surface area contributed by atoms with Crippen molar-refractivity contribution in [2.24, 2.45) is 0 Å². The number of nitrogens with zero attached hydrogens (tertiary/aromatic N) is 1. The Bertz CT molecular complexity index is 1020. The average Bonchev–Trinajstić information content (AvgIpc) is 2.98. The van der Waals surface area contributed by atoms with Crippen LogP contribution in [-0.2, 0) is 24.2 Å². The molecule has 142 valence electrons. The Morgan fingerprint density at radius 1 is 1.15 bits per heavy atom. The van der Waals surface area contributed by atoms with Gasteiger partial charge in [-0.25, -0.2) is 4.79 Å². The minimum Gasteiger partial charge on any atom is -0.408 e. The monoisotopic (exact) mass is 386 g/mol. The number of oxazole rings is 1. The molecular weight excluding hydrogens is 364 g/mol. The van der Waals surface area contributed by atoms with Crippen LogP contribution in [0, 0.1) is 0 Å². The Labute approximate surface area is 162 Å². The van der Waals surface area contributed by atoms with Crippen molar-refractivity contribution in [2.75, 3.05) is 5.32 Å². The molecule has 3 aromatic rings. The first-order valence-electron chi connectivity index (χ1n) is 9.23. The number of carbonyl (C=O) groups is 1. The molecule has 1 amide bonds. The van der Waals surface area contributed by atoms with Gasteiger partial charge < -0.3 is 9.73 Å². The SMILES string of the molecule is CCc1ccc(Cl)c(CC)c1NC(=O)CCCn1c(=O)oc2ccccc21. The van der Waals surface area contributed by atoms with Crippen LogP contribution in [0.1, 0.15) is 37.8 Å². The Hall–Kier alpha value is -2.53. The smallest absolute Gasteiger partial charge is 0.408 e. The Kier molecular flexibility index (Phi) is 6.01. The number of para-hydroxylation sites is 2. The fraction of sp³-hybridized carbons (Fsp3) is 0.333. The van der Waals surface area contributed by atoms with Crippen molar-refractivity contribution >= 4 is 34.3 Å². The van der Waals surface area contributed by atoms with Crippen molar-refractivity contribution in [3.05, 3.63) is 63.1 Å². The van der Waals surface area contributed by atoms with E-state index in [4.69, 9.17) is 16.0 Å². The summed E-state index contributed by atoms with van der Waals surface area (Å²) < 4.78 is 6.78. The molecule has 0 aliphatic rings. The number of anilines is 1. The van der Waals surface area contributed by atoms with E-state index in [0.29, 0.717) is 30.0 Å². The van der Waals surface area contributed by atoms with Crippen LogP contribution < -0.4 is 11.1 Å². The molecule has 0 fully saturated rings. The summed E-state index contributed by atoms with van der Waals surface area (Å²) in [6.07, 6.45) is 2.42. The highest BCUT2D eigenvalue weighted by Crippen LogP contribution is 2.29. The molecule has 1 N–H and O–H groups in total. The van der Waals surface area contributed by atoms with Crippen LogP contribution in [-0.4, -0.2) is 10.5 Å². The molecule has 0 radical (unpaired) electrons. The Morgan fingerprint density at radius 2 is 1.93 bits per heavy atom. The van der Waals surface area contributed by atoms with Crippen LogP contribution in [0.3, 0.4) is 0 Å². The minimum absolute atomic E-state index is 0.0810. The van der Waals surface area contributed by atoms with Gasteiger partial charge in [0, 0.05) is 23.7 Å². The van der Waals surface area contributed by atoms with Crippen LogP contribution in [0.25, 0.3) is 11.1 Å². The molecular formula is C21H23ClN2O3. The first kappa shape index (κ1) is 19.2. The van der Waals surface area contributed by atoms with Gasteiger partial charge in [-0.3, -0.25) is 9.36 Å². The fourth-order valence-electron chi connectivity index (χ4n) is 3.29. The first-order chi connectivity index (χ1) is 13.0. The first-order valence-corrected chi connectivity index (χ1v) is 9.61. The molecule has 0 spiro atoms. The van der Waals surface area contributed by atoms with Gasteiger partial charge in [-0.2, -0.15) is 0 Å². The maximum absolute atomic E-state index is 12.5. The highest BCUT2D eigenvalue weighted by molar-refractivity contribution is 6.32. The van der Waals surface area contributed by atoms with Gasteiger partial charge in [-0.1, -0.05) is 43.6 Å². The molecule has 0 unspecified atom stereocenters. The van der Waals surface area contributed by atoms with Crippen molar-refractivity contribution in [1.82, 2.24) is 4.57 Å². The molecule has 1 heterocycles. The topological polar surface area (TPSA) is 64.2 Å². The van der Waals surface area contributed by atoms with E-state index in [1.807, 2.05) is 37.3 Å². The number of hydrogen-bond acceptors (Lipinski definition) is 3. The van der Waals surface area contributed by atoms with Crippen molar-refractivity contribution in [2.45, 2.75) is 46.1 Å². The largest absolute Gasteiger partial charge is 0.419 e. The standard InChI is InChI=1S/C21H23ClN2O3/c1-3-14-11-12-16(22)15(4-2)20(14)23-19(25)10-7-13-24-17-8-5-6-9-18(17)27-21(24)26/h5-6,8-9,11-12H,3-4,7,10,13H2,1-2H3,(H,23,25). The maximum Gasteiger partial charge on any atom is 0.419 e. The number of amides is 1. The molecule has 5 nitrogen and oxygen atoms in total. The predicted molar refractivity (Wildman–Crippen MR) is 109 cm³/mol. The van der Waals surface area contributed by atoms with Gasteiger partial charge in [0.25, 0.3) is 0 Å². The number of rotatable bonds is 7. The second-order valence-corrected chi connectivity index (χ2v) is 6.81. The number of hydrogen-bond donors (Lipinski definition) is 1. The normalized spacial score (nSPS) is 11.1. The van der Waals surface area contributed by atoms with E-state index in [-0.39, 0.29) is 5.91 Å². The van der Waals surface area contributed by atoms with Gasteiger partial charge in [-0.05, 0) is 48.6 Å². The number of nitrogens with one attached hydrogen (secondary N) is 1. The minimum atomic E-state index is -0.395. The van der Waals surface area contributed by atoms with Gasteiger partial charge in [-0.15, -0.1) is 0 Å². The second kappa shape index (κ2) is 8.44. The fourth-order valence-corrected chi connectivity index (χ4v) is 3.58. The zero-order chi connectivity index (χ0) is 19.4. The molecule has 27 heavy (non-hydrogen) atoms. The van der Waals surface area contributed by atoms with Crippen molar-refractivity contribution in [1.29, 1.82) is 0 Å². The summed E-state index contributed by atoms with van der Waals surface area (Å²) in [7, 11) is 0. The number of fused-ring (bicyclic) bond motifs is 1. The third kappa shape index (κ3) is 4.08. The summed E-state index contributed by atoms with van der Waals surface area (Å²) in [6.45, 7) is 4.50. The van der Waals surface area contributed by atoms with E-state index < -0.39 is 5.76 Å². The van der Waals surface area contributed by atoms with Gasteiger partial charge in [0.15, 0.2) is 5.58 Å². The zero-order valence-electron chi connectivity index (χ0n) is 15.5. The summed E-state index contributed by atoms with van der Waals surface area (Å²) in [5.74, 6) is -0.476. The van der Waals surface area contributed by atoms with Gasteiger partial charge in [0.05, 0.1) is 5.52 Å². The molecule has 1 aromatic heterocycles. The molecule has 2 aromatic carbocycles. The quantitative estimate of drug-likeness (QED) is 0.634. The third-order valence-corrected chi connectivity index (χ3v) is 5.05. The predicted octanol–water partition coefficient (Wildman–Crippen LogP) is 4.79. The second-order valence-electron chi connectivity index (χ2n) is 6.41. The summed E-state index contributed by atoms with van der Waals surface area (Å²) in [5, 5.41) is 3.69. The number of aromatic nitrogens is 1. The van der Waals surface area contributed by atoms with Crippen LogP contribution in [0.4, 0.5) is 5.69 Å². The van der Waals surface area contributed by atoms with Crippen molar-refractivity contribution in [3.63, 3.8) is 0 Å². The van der Waals surface area contributed by atoms with Crippen molar-refractivity contribution in [3.8, 4) is 0 Å². The average molecular weight is 387 g/mol. The highest BCUT2D eigenvalue weighted by atomic mass is 35.5. The number of aryl methyl sites for hydroxylation is 2. The van der Waals surface area contributed by atoms with Crippen LogP contribution in [0.5, 0.6) is 0 Å². The lowest BCUT2D eigenvalue weighted by Gasteiger charge is -2.16. The zero-order valence-corrected chi connectivity index (χ0v) is 16.3. The molecule has 0 bridgehead atoms. The molecule has 0 saturated heterocycles. The van der Waals surface area contributed by atoms with Gasteiger partial charge >= 0.3 is 5.76 Å². The summed E-state index contributed by atoms with van der Waals surface area (Å²) in [6, 6.07) is 11.1. The Balaban J connectivity index is 1.68. The number of carbonyl (C=O) groups excluding carboxylic acids is 1. The summed E-state index contributed by atoms with van der Waals surface area (Å²) in [5.41, 5.74) is 4.16. The van der Waals surface area contributed by atoms with E-state index in [0.717, 1.165) is 35.2 Å². The van der Waals surface area contributed by atoms with Gasteiger partial charge in [0.1, 0.15) is 0 Å². The van der Waals surface area contributed by atoms with Crippen LogP contribution in [0.15, 0.2) is 45.6 Å². The van der Waals surface area contributed by atoms with E-state index in [1.54, 1.807) is 10.6 Å². The maximum atomic E-state index is 12.5. The van der Waals surface area contributed by atoms with E-state index >= 15 is 0 Å². The lowest BCUT2D eigenvalue weighted by Crippen LogP contribution is -2.18. The van der Waals surface area contributed by atoms with Crippen LogP contribution >= 0.6 is 11.6 Å². The molecule has 0 saturated carbocycles.